The predicted molar refractivity (Wildman–Crippen MR) is 130 cm³/mol. The van der Waals surface area contributed by atoms with Crippen LogP contribution < -0.4 is 20.7 Å². The van der Waals surface area contributed by atoms with Crippen molar-refractivity contribution >= 4 is 29.0 Å². The zero-order valence-corrected chi connectivity index (χ0v) is 18.4. The van der Waals surface area contributed by atoms with Gasteiger partial charge in [0.05, 0.1) is 31.7 Å². The minimum absolute atomic E-state index is 0.462. The number of aromatic nitrogens is 2. The van der Waals surface area contributed by atoms with E-state index in [0.717, 1.165) is 84.4 Å². The number of nitrogens with zero attached hydrogens (tertiary/aromatic N) is 3. The average molecular weight is 432 g/mol. The molecule has 1 aliphatic carbocycles. The van der Waals surface area contributed by atoms with Crippen LogP contribution in [0.25, 0.3) is 11.6 Å². The summed E-state index contributed by atoms with van der Waals surface area (Å²) in [5.41, 5.74) is 12.1. The van der Waals surface area contributed by atoms with E-state index < -0.39 is 0 Å². The number of ether oxygens (including phenoxy) is 2. The molecule has 2 aromatic rings. The van der Waals surface area contributed by atoms with Gasteiger partial charge >= 0.3 is 0 Å². The summed E-state index contributed by atoms with van der Waals surface area (Å²) < 4.78 is 11.1. The van der Waals surface area contributed by atoms with E-state index in [2.05, 4.69) is 34.4 Å². The first-order valence-corrected chi connectivity index (χ1v) is 10.7. The van der Waals surface area contributed by atoms with Crippen LogP contribution in [-0.2, 0) is 4.74 Å². The first kappa shape index (κ1) is 21.6. The third kappa shape index (κ3) is 4.68. The standard InChI is InChI=1S/C25H29N5O2/c1-4-18-16-27-25(29-24(18)17(2)19-6-5-7-20(26)14-19)28-22-9-8-21(15-23(22)31-3)30-10-12-32-13-11-30/h4,7-9,14-16H,1-2,5-6,10-13,26H2,3H3,(H,27,28,29). The van der Waals surface area contributed by atoms with Gasteiger partial charge in [0.15, 0.2) is 0 Å². The number of hydrogen-bond donors (Lipinski definition) is 2. The van der Waals surface area contributed by atoms with E-state index in [0.29, 0.717) is 5.95 Å². The zero-order valence-electron chi connectivity index (χ0n) is 18.4. The third-order valence-corrected chi connectivity index (χ3v) is 5.65. The lowest BCUT2D eigenvalue weighted by atomic mass is 9.93. The zero-order chi connectivity index (χ0) is 22.5. The number of nitrogens with two attached hydrogens (primary N) is 1. The van der Waals surface area contributed by atoms with Gasteiger partial charge in [0.1, 0.15) is 5.75 Å². The number of benzene rings is 1. The van der Waals surface area contributed by atoms with Crippen molar-refractivity contribution in [3.63, 3.8) is 0 Å². The summed E-state index contributed by atoms with van der Waals surface area (Å²) in [4.78, 5) is 11.5. The van der Waals surface area contributed by atoms with Crippen LogP contribution in [0.1, 0.15) is 24.1 Å². The highest BCUT2D eigenvalue weighted by atomic mass is 16.5. The fraction of sp³-hybridized carbons (Fsp3) is 0.280. The quantitative estimate of drug-likeness (QED) is 0.677. The molecule has 1 saturated heterocycles. The van der Waals surface area contributed by atoms with Gasteiger partial charge < -0.3 is 25.4 Å². The molecule has 32 heavy (non-hydrogen) atoms. The highest BCUT2D eigenvalue weighted by Gasteiger charge is 2.17. The third-order valence-electron chi connectivity index (χ3n) is 5.65. The maximum atomic E-state index is 6.00. The second-order valence-electron chi connectivity index (χ2n) is 7.70. The molecule has 3 N–H and O–H groups in total. The van der Waals surface area contributed by atoms with Crippen molar-refractivity contribution < 1.29 is 9.47 Å². The Morgan fingerprint density at radius 3 is 2.84 bits per heavy atom. The lowest BCUT2D eigenvalue weighted by Gasteiger charge is -2.29. The van der Waals surface area contributed by atoms with Gasteiger partial charge in [-0.3, -0.25) is 0 Å². The Bertz CT molecular complexity index is 1080. The van der Waals surface area contributed by atoms with Crippen molar-refractivity contribution in [2.24, 2.45) is 5.73 Å². The Hall–Kier alpha value is -3.58. The van der Waals surface area contributed by atoms with Crippen LogP contribution in [0.4, 0.5) is 17.3 Å². The molecule has 7 nitrogen and oxygen atoms in total. The molecule has 4 rings (SSSR count). The molecule has 1 aliphatic heterocycles. The smallest absolute Gasteiger partial charge is 0.227 e. The van der Waals surface area contributed by atoms with E-state index >= 15 is 0 Å². The van der Waals surface area contributed by atoms with Crippen LogP contribution in [0.15, 0.2) is 61.0 Å². The first-order valence-electron chi connectivity index (χ1n) is 10.7. The van der Waals surface area contributed by atoms with Crippen molar-refractivity contribution in [2.75, 3.05) is 43.6 Å². The molecule has 166 valence electrons. The van der Waals surface area contributed by atoms with Gasteiger partial charge in [-0.05, 0) is 42.2 Å². The van der Waals surface area contributed by atoms with E-state index in [4.69, 9.17) is 20.2 Å². The average Bonchev–Trinajstić information content (AvgIpc) is 2.84. The second-order valence-corrected chi connectivity index (χ2v) is 7.70. The fourth-order valence-corrected chi connectivity index (χ4v) is 3.88. The molecule has 7 heteroatoms. The summed E-state index contributed by atoms with van der Waals surface area (Å²) in [7, 11) is 1.66. The van der Waals surface area contributed by atoms with Gasteiger partial charge in [0.2, 0.25) is 5.95 Å². The van der Waals surface area contributed by atoms with Crippen molar-refractivity contribution in [3.8, 4) is 5.75 Å². The number of methoxy groups -OCH3 is 1. The van der Waals surface area contributed by atoms with Gasteiger partial charge in [0, 0.05) is 42.3 Å². The second kappa shape index (κ2) is 9.70. The fourth-order valence-electron chi connectivity index (χ4n) is 3.88. The van der Waals surface area contributed by atoms with E-state index in [1.807, 2.05) is 24.3 Å². The molecule has 0 amide bonds. The number of hydrogen-bond acceptors (Lipinski definition) is 7. The van der Waals surface area contributed by atoms with Crippen LogP contribution in [0.2, 0.25) is 0 Å². The van der Waals surface area contributed by atoms with Gasteiger partial charge in [-0.2, -0.15) is 0 Å². The van der Waals surface area contributed by atoms with Gasteiger partial charge in [-0.15, -0.1) is 0 Å². The Kier molecular flexibility index (Phi) is 6.56. The molecule has 0 bridgehead atoms. The number of rotatable bonds is 7. The van der Waals surface area contributed by atoms with Crippen LogP contribution in [0, 0.1) is 0 Å². The van der Waals surface area contributed by atoms with Crippen LogP contribution >= 0.6 is 0 Å². The minimum Gasteiger partial charge on any atom is -0.494 e. The molecule has 2 heterocycles. The lowest BCUT2D eigenvalue weighted by molar-refractivity contribution is 0.122. The monoisotopic (exact) mass is 431 g/mol. The highest BCUT2D eigenvalue weighted by Crippen LogP contribution is 2.33. The molecule has 0 atom stereocenters. The van der Waals surface area contributed by atoms with E-state index in [9.17, 15) is 0 Å². The van der Waals surface area contributed by atoms with E-state index in [-0.39, 0.29) is 0 Å². The summed E-state index contributed by atoms with van der Waals surface area (Å²) in [5, 5.41) is 3.29. The normalized spacial score (nSPS) is 16.1. The Morgan fingerprint density at radius 2 is 2.12 bits per heavy atom. The van der Waals surface area contributed by atoms with Crippen LogP contribution in [-0.4, -0.2) is 43.4 Å². The summed E-state index contributed by atoms with van der Waals surface area (Å²) in [6, 6.07) is 6.07. The number of nitrogens with one attached hydrogen (secondary N) is 1. The van der Waals surface area contributed by atoms with Crippen LogP contribution in [0.5, 0.6) is 5.75 Å². The topological polar surface area (TPSA) is 85.5 Å². The summed E-state index contributed by atoms with van der Waals surface area (Å²) in [6.45, 7) is 11.4. The first-order chi connectivity index (χ1) is 15.6. The van der Waals surface area contributed by atoms with E-state index in [1.54, 1.807) is 19.4 Å². The summed E-state index contributed by atoms with van der Waals surface area (Å²) in [5.74, 6) is 1.18. The minimum atomic E-state index is 0.462. The largest absolute Gasteiger partial charge is 0.494 e. The van der Waals surface area contributed by atoms with Gasteiger partial charge in [0.25, 0.3) is 0 Å². The molecular weight excluding hydrogens is 402 g/mol. The van der Waals surface area contributed by atoms with Gasteiger partial charge in [-0.1, -0.05) is 25.3 Å². The highest BCUT2D eigenvalue weighted by molar-refractivity contribution is 5.81. The lowest BCUT2D eigenvalue weighted by Crippen LogP contribution is -2.36. The van der Waals surface area contributed by atoms with Crippen molar-refractivity contribution in [1.29, 1.82) is 0 Å². The predicted octanol–water partition coefficient (Wildman–Crippen LogP) is 4.28. The molecule has 0 saturated carbocycles. The molecule has 1 aromatic carbocycles. The number of anilines is 3. The Morgan fingerprint density at radius 1 is 1.31 bits per heavy atom. The van der Waals surface area contributed by atoms with Crippen LogP contribution in [0.3, 0.4) is 0 Å². The Balaban J connectivity index is 1.60. The molecule has 1 aromatic heterocycles. The van der Waals surface area contributed by atoms with E-state index in [1.165, 1.54) is 0 Å². The summed E-state index contributed by atoms with van der Waals surface area (Å²) in [6.07, 6.45) is 9.24. The molecule has 0 spiro atoms. The Labute approximate surface area is 189 Å². The number of allylic oxidation sites excluding steroid dienone is 4. The summed E-state index contributed by atoms with van der Waals surface area (Å²) >= 11 is 0. The molecule has 1 fully saturated rings. The molecular formula is C25H29N5O2. The van der Waals surface area contributed by atoms with Crippen molar-refractivity contribution in [1.82, 2.24) is 9.97 Å². The number of morpholine rings is 1. The maximum absolute atomic E-state index is 6.00. The van der Waals surface area contributed by atoms with Crippen molar-refractivity contribution in [2.45, 2.75) is 12.8 Å². The molecule has 0 radical (unpaired) electrons. The van der Waals surface area contributed by atoms with Gasteiger partial charge in [-0.25, -0.2) is 9.97 Å². The maximum Gasteiger partial charge on any atom is 0.227 e. The molecule has 2 aliphatic rings. The van der Waals surface area contributed by atoms with Crippen molar-refractivity contribution in [3.05, 3.63) is 72.2 Å². The molecule has 0 unspecified atom stereocenters. The SMILES string of the molecule is C=Cc1cnc(Nc2ccc(N3CCOCC3)cc2OC)nc1C(=C)C1=CC(N)=CCC1.